The fourth-order valence-electron chi connectivity index (χ4n) is 2.81. The van der Waals surface area contributed by atoms with E-state index in [-0.39, 0.29) is 12.2 Å². The Morgan fingerprint density at radius 3 is 2.11 bits per heavy atom. The van der Waals surface area contributed by atoms with Crippen LogP contribution in [0, 0.1) is 16.7 Å². The molecule has 3 atom stereocenters. The maximum Gasteiger partial charge on any atom is 0.338 e. The molecule has 1 heterocycles. The van der Waals surface area contributed by atoms with Gasteiger partial charge in [-0.3, -0.25) is 4.79 Å². The maximum absolute atomic E-state index is 12.4. The van der Waals surface area contributed by atoms with Crippen LogP contribution in [0.5, 0.6) is 0 Å². The zero-order valence-electron chi connectivity index (χ0n) is 15.0. The van der Waals surface area contributed by atoms with E-state index in [1.807, 2.05) is 6.07 Å². The summed E-state index contributed by atoms with van der Waals surface area (Å²) in [5.41, 5.74) is -1.11. The van der Waals surface area contributed by atoms with Crippen LogP contribution in [0.15, 0.2) is 60.7 Å². The molecule has 28 heavy (non-hydrogen) atoms. The molecule has 1 saturated heterocycles. The Morgan fingerprint density at radius 2 is 1.57 bits per heavy atom. The molecule has 7 heteroatoms. The lowest BCUT2D eigenvalue weighted by molar-refractivity contribution is -0.147. The lowest BCUT2D eigenvalue weighted by Crippen LogP contribution is -2.41. The highest BCUT2D eigenvalue weighted by atomic mass is 16.6. The van der Waals surface area contributed by atoms with Crippen molar-refractivity contribution in [3.63, 3.8) is 0 Å². The number of esters is 3. The minimum atomic E-state index is -1.70. The third-order valence-corrected chi connectivity index (χ3v) is 4.45. The molecule has 7 nitrogen and oxygen atoms in total. The Bertz CT molecular complexity index is 921. The molecule has 1 aliphatic heterocycles. The highest BCUT2D eigenvalue weighted by Crippen LogP contribution is 2.36. The van der Waals surface area contributed by atoms with Gasteiger partial charge in [-0.15, -0.1) is 0 Å². The van der Waals surface area contributed by atoms with Crippen molar-refractivity contribution in [3.8, 4) is 6.07 Å². The fraction of sp³-hybridized carbons (Fsp3) is 0.238. The van der Waals surface area contributed by atoms with Crippen molar-refractivity contribution in [3.05, 3.63) is 71.8 Å². The van der Waals surface area contributed by atoms with Crippen LogP contribution in [0.4, 0.5) is 0 Å². The summed E-state index contributed by atoms with van der Waals surface area (Å²) in [4.78, 5) is 36.7. The van der Waals surface area contributed by atoms with E-state index in [1.165, 1.54) is 6.92 Å². The Kier molecular flexibility index (Phi) is 5.41. The van der Waals surface area contributed by atoms with E-state index < -0.39 is 35.5 Å². The van der Waals surface area contributed by atoms with Gasteiger partial charge in [-0.2, -0.15) is 5.26 Å². The Labute approximate surface area is 161 Å². The van der Waals surface area contributed by atoms with Crippen LogP contribution in [-0.2, 0) is 19.0 Å². The molecule has 0 spiro atoms. The van der Waals surface area contributed by atoms with Crippen LogP contribution in [0.3, 0.4) is 0 Å². The summed E-state index contributed by atoms with van der Waals surface area (Å²) >= 11 is 0. The van der Waals surface area contributed by atoms with Crippen molar-refractivity contribution in [1.82, 2.24) is 0 Å². The molecule has 1 unspecified atom stereocenters. The van der Waals surface area contributed by atoms with Crippen molar-refractivity contribution in [2.75, 3.05) is 6.61 Å². The summed E-state index contributed by atoms with van der Waals surface area (Å²) in [6.45, 7) is 0.987. The summed E-state index contributed by atoms with van der Waals surface area (Å²) in [6.07, 6.45) is -2.31. The first kappa shape index (κ1) is 19.1. The van der Waals surface area contributed by atoms with Crippen LogP contribution in [0.2, 0.25) is 0 Å². The molecule has 1 fully saturated rings. The van der Waals surface area contributed by atoms with Crippen molar-refractivity contribution in [2.45, 2.75) is 19.1 Å². The number of carbonyl (C=O) groups is 3. The number of hydrogen-bond donors (Lipinski definition) is 0. The normalized spacial score (nSPS) is 23.4. The van der Waals surface area contributed by atoms with E-state index in [4.69, 9.17) is 14.2 Å². The molecule has 0 saturated carbocycles. The Hall–Kier alpha value is -3.66. The number of nitrogens with zero attached hydrogens (tertiary/aromatic N) is 1. The van der Waals surface area contributed by atoms with Gasteiger partial charge in [0.05, 0.1) is 17.2 Å². The lowest BCUT2D eigenvalue weighted by atomic mass is 9.85. The molecule has 1 aliphatic rings. The molecule has 0 bridgehead atoms. The minimum Gasteiger partial charge on any atom is -0.458 e. The van der Waals surface area contributed by atoms with Crippen molar-refractivity contribution in [2.24, 2.45) is 5.41 Å². The van der Waals surface area contributed by atoms with Gasteiger partial charge >= 0.3 is 17.9 Å². The van der Waals surface area contributed by atoms with Crippen LogP contribution >= 0.6 is 0 Å². The summed E-state index contributed by atoms with van der Waals surface area (Å²) < 4.78 is 15.8. The number of rotatable bonds is 5. The number of carbonyl (C=O) groups excluding carboxylic acids is 3. The first-order valence-electron chi connectivity index (χ1n) is 8.56. The third kappa shape index (κ3) is 3.71. The van der Waals surface area contributed by atoms with Gasteiger partial charge < -0.3 is 14.2 Å². The molecular weight excluding hydrogens is 362 g/mol. The second kappa shape index (κ2) is 7.92. The molecule has 0 aliphatic carbocycles. The average molecular weight is 379 g/mol. The lowest BCUT2D eigenvalue weighted by Gasteiger charge is -2.23. The standard InChI is InChI=1S/C21H17NO6/c1-21(13-22)17(28-19(24)15-10-6-3-7-11-15)16(27-20(21)25)12-26-18(23)14-8-4-2-5-9-14/h2-11,16-17H,12H2,1H3/t16?,17-,21-/m1/s1. The summed E-state index contributed by atoms with van der Waals surface area (Å²) in [5.74, 6) is -2.15. The molecule has 2 aromatic rings. The molecule has 0 N–H and O–H groups in total. The van der Waals surface area contributed by atoms with Crippen molar-refractivity contribution < 1.29 is 28.6 Å². The maximum atomic E-state index is 12.4. The van der Waals surface area contributed by atoms with E-state index in [9.17, 15) is 19.6 Å². The van der Waals surface area contributed by atoms with E-state index >= 15 is 0 Å². The zero-order chi connectivity index (χ0) is 20.1. The number of nitriles is 1. The molecular formula is C21H17NO6. The monoisotopic (exact) mass is 379 g/mol. The summed E-state index contributed by atoms with van der Waals surface area (Å²) in [5, 5.41) is 9.47. The van der Waals surface area contributed by atoms with E-state index in [1.54, 1.807) is 60.7 Å². The van der Waals surface area contributed by atoms with Gasteiger partial charge in [-0.1, -0.05) is 36.4 Å². The second-order valence-electron chi connectivity index (χ2n) is 6.41. The second-order valence-corrected chi connectivity index (χ2v) is 6.41. The zero-order valence-corrected chi connectivity index (χ0v) is 15.0. The Balaban J connectivity index is 1.75. The predicted octanol–water partition coefficient (Wildman–Crippen LogP) is 2.52. The van der Waals surface area contributed by atoms with Crippen molar-refractivity contribution in [1.29, 1.82) is 5.26 Å². The van der Waals surface area contributed by atoms with Gasteiger partial charge in [0.1, 0.15) is 6.61 Å². The number of cyclic esters (lactones) is 1. The number of benzene rings is 2. The highest BCUT2D eigenvalue weighted by Gasteiger charge is 2.58. The van der Waals surface area contributed by atoms with Crippen molar-refractivity contribution >= 4 is 17.9 Å². The predicted molar refractivity (Wildman–Crippen MR) is 96.0 cm³/mol. The average Bonchev–Trinajstić information content (AvgIpc) is 2.98. The third-order valence-electron chi connectivity index (χ3n) is 4.45. The van der Waals surface area contributed by atoms with Gasteiger partial charge in [-0.25, -0.2) is 9.59 Å². The minimum absolute atomic E-state index is 0.266. The van der Waals surface area contributed by atoms with E-state index in [2.05, 4.69) is 0 Å². The van der Waals surface area contributed by atoms with Gasteiger partial charge in [0.2, 0.25) is 0 Å². The van der Waals surface area contributed by atoms with Crippen LogP contribution in [0.1, 0.15) is 27.6 Å². The molecule has 0 radical (unpaired) electrons. The van der Waals surface area contributed by atoms with Gasteiger partial charge in [0, 0.05) is 0 Å². The van der Waals surface area contributed by atoms with Gasteiger partial charge in [0.15, 0.2) is 17.6 Å². The molecule has 0 aromatic heterocycles. The van der Waals surface area contributed by atoms with Crippen LogP contribution in [0.25, 0.3) is 0 Å². The van der Waals surface area contributed by atoms with Gasteiger partial charge in [-0.05, 0) is 31.2 Å². The van der Waals surface area contributed by atoms with E-state index in [0.717, 1.165) is 0 Å². The Morgan fingerprint density at radius 1 is 1.04 bits per heavy atom. The van der Waals surface area contributed by atoms with E-state index in [0.29, 0.717) is 5.56 Å². The molecule has 0 amide bonds. The van der Waals surface area contributed by atoms with Crippen LogP contribution in [-0.4, -0.2) is 36.7 Å². The van der Waals surface area contributed by atoms with Gasteiger partial charge in [0.25, 0.3) is 0 Å². The quantitative estimate of drug-likeness (QED) is 0.581. The summed E-state index contributed by atoms with van der Waals surface area (Å²) in [6, 6.07) is 18.3. The largest absolute Gasteiger partial charge is 0.458 e. The summed E-state index contributed by atoms with van der Waals surface area (Å²) in [7, 11) is 0. The number of hydrogen-bond acceptors (Lipinski definition) is 7. The highest BCUT2D eigenvalue weighted by molar-refractivity contribution is 5.91. The topological polar surface area (TPSA) is 103 Å². The smallest absolute Gasteiger partial charge is 0.338 e. The fourth-order valence-corrected chi connectivity index (χ4v) is 2.81. The molecule has 142 valence electrons. The first-order valence-corrected chi connectivity index (χ1v) is 8.56. The SMILES string of the molecule is C[C@]1(C#N)C(=O)OC(COC(=O)c2ccccc2)[C@H]1OC(=O)c1ccccc1. The first-order chi connectivity index (χ1) is 13.5. The molecule has 3 rings (SSSR count). The van der Waals surface area contributed by atoms with Crippen LogP contribution < -0.4 is 0 Å². The molecule has 2 aromatic carbocycles. The number of ether oxygens (including phenoxy) is 3.